The number of carboxylic acids is 1. The molecule has 1 aromatic heterocycles. The van der Waals surface area contributed by atoms with E-state index in [1.54, 1.807) is 0 Å². The van der Waals surface area contributed by atoms with Gasteiger partial charge in [-0.05, 0) is 6.07 Å². The van der Waals surface area contributed by atoms with Crippen molar-refractivity contribution in [2.45, 2.75) is 0 Å². The lowest BCUT2D eigenvalue weighted by molar-refractivity contribution is 0.0322. The van der Waals surface area contributed by atoms with Crippen LogP contribution in [0, 0.1) is 0 Å². The van der Waals surface area contributed by atoms with Crippen LogP contribution in [-0.4, -0.2) is 60.4 Å². The van der Waals surface area contributed by atoms with E-state index >= 15 is 0 Å². The van der Waals surface area contributed by atoms with Crippen molar-refractivity contribution in [3.8, 4) is 5.75 Å². The van der Waals surface area contributed by atoms with E-state index in [2.05, 4.69) is 9.88 Å². The number of hydrogen-bond donors (Lipinski definition) is 1. The standard InChI is InChI=1S/C12H16N2O4/c15-12(16)10-7-11(9-13-8-10)18-6-3-14-1-4-17-5-2-14/h7-9H,1-6H2,(H,15,16). The average molecular weight is 252 g/mol. The molecule has 0 unspecified atom stereocenters. The minimum absolute atomic E-state index is 0.138. The van der Waals surface area contributed by atoms with E-state index in [9.17, 15) is 4.79 Å². The number of aromatic carboxylic acids is 1. The molecule has 1 N–H and O–H groups in total. The third-order valence-corrected chi connectivity index (χ3v) is 2.74. The first-order valence-electron chi connectivity index (χ1n) is 5.87. The molecule has 1 aliphatic heterocycles. The molecule has 0 spiro atoms. The Hall–Kier alpha value is -1.66. The molecule has 0 saturated carbocycles. The van der Waals surface area contributed by atoms with E-state index in [1.165, 1.54) is 18.5 Å². The summed E-state index contributed by atoms with van der Waals surface area (Å²) < 4.78 is 10.7. The van der Waals surface area contributed by atoms with Crippen LogP contribution in [0.4, 0.5) is 0 Å². The highest BCUT2D eigenvalue weighted by atomic mass is 16.5. The Labute approximate surface area is 105 Å². The summed E-state index contributed by atoms with van der Waals surface area (Å²) in [7, 11) is 0. The van der Waals surface area contributed by atoms with Gasteiger partial charge in [-0.25, -0.2) is 4.79 Å². The molecule has 0 radical (unpaired) electrons. The zero-order chi connectivity index (χ0) is 12.8. The van der Waals surface area contributed by atoms with E-state index in [-0.39, 0.29) is 5.56 Å². The first-order chi connectivity index (χ1) is 8.75. The lowest BCUT2D eigenvalue weighted by Crippen LogP contribution is -2.38. The zero-order valence-electron chi connectivity index (χ0n) is 10.0. The molecule has 2 rings (SSSR count). The number of carboxylic acid groups (broad SMARTS) is 1. The number of morpholine rings is 1. The fourth-order valence-corrected chi connectivity index (χ4v) is 1.73. The van der Waals surface area contributed by atoms with Crippen molar-refractivity contribution in [3.05, 3.63) is 24.0 Å². The molecule has 0 aliphatic carbocycles. The van der Waals surface area contributed by atoms with Gasteiger partial charge in [-0.1, -0.05) is 0 Å². The molecular formula is C12H16N2O4. The normalized spacial score (nSPS) is 16.4. The van der Waals surface area contributed by atoms with Gasteiger partial charge in [0.05, 0.1) is 25.0 Å². The topological polar surface area (TPSA) is 71.9 Å². The van der Waals surface area contributed by atoms with E-state index in [4.69, 9.17) is 14.6 Å². The average Bonchev–Trinajstić information content (AvgIpc) is 2.40. The Morgan fingerprint density at radius 3 is 2.94 bits per heavy atom. The van der Waals surface area contributed by atoms with Crippen LogP contribution in [0.5, 0.6) is 5.75 Å². The largest absolute Gasteiger partial charge is 0.491 e. The summed E-state index contributed by atoms with van der Waals surface area (Å²) in [4.78, 5) is 16.8. The lowest BCUT2D eigenvalue weighted by Gasteiger charge is -2.26. The second-order valence-electron chi connectivity index (χ2n) is 4.02. The van der Waals surface area contributed by atoms with Gasteiger partial charge in [0.25, 0.3) is 0 Å². The predicted octanol–water partition coefficient (Wildman–Crippen LogP) is 0.491. The predicted molar refractivity (Wildman–Crippen MR) is 64.0 cm³/mol. The van der Waals surface area contributed by atoms with Crippen LogP contribution in [0.15, 0.2) is 18.5 Å². The molecule has 0 bridgehead atoms. The molecule has 0 aromatic carbocycles. The van der Waals surface area contributed by atoms with Crippen LogP contribution in [0.2, 0.25) is 0 Å². The maximum absolute atomic E-state index is 10.8. The second-order valence-corrected chi connectivity index (χ2v) is 4.02. The van der Waals surface area contributed by atoms with E-state index < -0.39 is 5.97 Å². The Kier molecular flexibility index (Phi) is 4.49. The van der Waals surface area contributed by atoms with Crippen LogP contribution in [0.25, 0.3) is 0 Å². The van der Waals surface area contributed by atoms with Gasteiger partial charge in [-0.15, -0.1) is 0 Å². The van der Waals surface area contributed by atoms with E-state index in [1.807, 2.05) is 0 Å². The third kappa shape index (κ3) is 3.68. The summed E-state index contributed by atoms with van der Waals surface area (Å²) in [5, 5.41) is 8.82. The molecule has 98 valence electrons. The minimum Gasteiger partial charge on any atom is -0.491 e. The smallest absolute Gasteiger partial charge is 0.337 e. The summed E-state index contributed by atoms with van der Waals surface area (Å²) in [6.45, 7) is 4.67. The van der Waals surface area contributed by atoms with Gasteiger partial charge in [-0.3, -0.25) is 9.88 Å². The van der Waals surface area contributed by atoms with Crippen LogP contribution in [-0.2, 0) is 4.74 Å². The van der Waals surface area contributed by atoms with Crippen molar-refractivity contribution in [2.24, 2.45) is 0 Å². The van der Waals surface area contributed by atoms with E-state index in [0.717, 1.165) is 32.8 Å². The number of rotatable bonds is 5. The van der Waals surface area contributed by atoms with Gasteiger partial charge in [-0.2, -0.15) is 0 Å². The Bertz CT molecular complexity index is 405. The van der Waals surface area contributed by atoms with Gasteiger partial charge >= 0.3 is 5.97 Å². The molecule has 1 fully saturated rings. The summed E-state index contributed by atoms with van der Waals surface area (Å²) in [6, 6.07) is 1.48. The van der Waals surface area contributed by atoms with Crippen LogP contribution in [0.3, 0.4) is 0 Å². The maximum atomic E-state index is 10.8. The first-order valence-corrected chi connectivity index (χ1v) is 5.87. The van der Waals surface area contributed by atoms with Gasteiger partial charge < -0.3 is 14.6 Å². The molecule has 1 aromatic rings. The zero-order valence-corrected chi connectivity index (χ0v) is 10.0. The molecule has 1 aliphatic rings. The molecule has 0 atom stereocenters. The molecular weight excluding hydrogens is 236 g/mol. The number of ether oxygens (including phenoxy) is 2. The molecule has 1 saturated heterocycles. The van der Waals surface area contributed by atoms with Crippen molar-refractivity contribution in [1.82, 2.24) is 9.88 Å². The first kappa shape index (κ1) is 12.8. The molecule has 0 amide bonds. The Morgan fingerprint density at radius 2 is 2.22 bits per heavy atom. The van der Waals surface area contributed by atoms with Crippen molar-refractivity contribution < 1.29 is 19.4 Å². The van der Waals surface area contributed by atoms with Gasteiger partial charge in [0.2, 0.25) is 0 Å². The Balaban J connectivity index is 1.78. The molecule has 2 heterocycles. The molecule has 6 nitrogen and oxygen atoms in total. The monoisotopic (exact) mass is 252 g/mol. The summed E-state index contributed by atoms with van der Waals surface area (Å²) in [5.41, 5.74) is 0.138. The van der Waals surface area contributed by atoms with Gasteiger partial charge in [0.15, 0.2) is 0 Å². The summed E-state index contributed by atoms with van der Waals surface area (Å²) in [5.74, 6) is -0.510. The van der Waals surface area contributed by atoms with Crippen LogP contribution < -0.4 is 4.74 Å². The fourth-order valence-electron chi connectivity index (χ4n) is 1.73. The summed E-state index contributed by atoms with van der Waals surface area (Å²) in [6.07, 6.45) is 2.82. The Morgan fingerprint density at radius 1 is 1.44 bits per heavy atom. The quantitative estimate of drug-likeness (QED) is 0.822. The summed E-state index contributed by atoms with van der Waals surface area (Å²) >= 11 is 0. The van der Waals surface area contributed by atoms with Crippen LogP contribution in [0.1, 0.15) is 10.4 Å². The SMILES string of the molecule is O=C(O)c1cncc(OCCN2CCOCC2)c1. The third-order valence-electron chi connectivity index (χ3n) is 2.74. The highest BCUT2D eigenvalue weighted by molar-refractivity contribution is 5.87. The number of carbonyl (C=O) groups is 1. The fraction of sp³-hybridized carbons (Fsp3) is 0.500. The van der Waals surface area contributed by atoms with Crippen molar-refractivity contribution in [3.63, 3.8) is 0 Å². The van der Waals surface area contributed by atoms with Crippen LogP contribution >= 0.6 is 0 Å². The van der Waals surface area contributed by atoms with Gasteiger partial charge in [0.1, 0.15) is 12.4 Å². The van der Waals surface area contributed by atoms with Crippen molar-refractivity contribution in [2.75, 3.05) is 39.5 Å². The number of nitrogens with zero attached hydrogens (tertiary/aromatic N) is 2. The molecule has 18 heavy (non-hydrogen) atoms. The number of pyridine rings is 1. The minimum atomic E-state index is -0.999. The van der Waals surface area contributed by atoms with Gasteiger partial charge in [0, 0.05) is 25.8 Å². The molecule has 6 heteroatoms. The lowest BCUT2D eigenvalue weighted by atomic mass is 10.3. The maximum Gasteiger partial charge on any atom is 0.337 e. The second kappa shape index (κ2) is 6.32. The number of aromatic nitrogens is 1. The van der Waals surface area contributed by atoms with Crippen molar-refractivity contribution >= 4 is 5.97 Å². The number of hydrogen-bond acceptors (Lipinski definition) is 5. The van der Waals surface area contributed by atoms with Crippen molar-refractivity contribution in [1.29, 1.82) is 0 Å². The van der Waals surface area contributed by atoms with E-state index in [0.29, 0.717) is 12.4 Å². The highest BCUT2D eigenvalue weighted by Gasteiger charge is 2.10. The highest BCUT2D eigenvalue weighted by Crippen LogP contribution is 2.11.